The molecule has 1 fully saturated rings. The third-order valence-electron chi connectivity index (χ3n) is 3.83. The molecule has 0 aliphatic carbocycles. The molecule has 0 spiro atoms. The Morgan fingerprint density at radius 2 is 2.20 bits per heavy atom. The monoisotopic (exact) mass is 407 g/mol. The first-order valence-corrected chi connectivity index (χ1v) is 10.8. The van der Waals surface area contributed by atoms with E-state index in [9.17, 15) is 13.2 Å². The number of halogens is 1. The van der Waals surface area contributed by atoms with Gasteiger partial charge in [-0.25, -0.2) is 13.1 Å². The highest BCUT2D eigenvalue weighted by Gasteiger charge is 2.19. The summed E-state index contributed by atoms with van der Waals surface area (Å²) in [4.78, 5) is 12.3. The fourth-order valence-corrected chi connectivity index (χ4v) is 4.67. The lowest BCUT2D eigenvalue weighted by Crippen LogP contribution is -2.39. The molecule has 2 rings (SSSR count). The van der Waals surface area contributed by atoms with Gasteiger partial charge in [0.25, 0.3) is 0 Å². The number of hydrogen-bond acceptors (Lipinski definition) is 5. The molecule has 1 aliphatic heterocycles. The van der Waals surface area contributed by atoms with Gasteiger partial charge in [-0.3, -0.25) is 4.79 Å². The number of hydrogen-bond donors (Lipinski definition) is 3. The number of carbonyl (C=O) groups is 1. The summed E-state index contributed by atoms with van der Waals surface area (Å²) in [6.07, 6.45) is 1.09. The molecule has 3 N–H and O–H groups in total. The van der Waals surface area contributed by atoms with Gasteiger partial charge in [0.05, 0.1) is 4.90 Å². The van der Waals surface area contributed by atoms with E-state index in [1.807, 2.05) is 25.6 Å². The first-order valence-electron chi connectivity index (χ1n) is 8.14. The number of benzene rings is 1. The normalized spacial score (nSPS) is 18.9. The van der Waals surface area contributed by atoms with Crippen molar-refractivity contribution in [2.24, 2.45) is 0 Å². The summed E-state index contributed by atoms with van der Waals surface area (Å²) in [5.41, 5.74) is 0.496. The molecule has 6 nitrogen and oxygen atoms in total. The molecule has 25 heavy (non-hydrogen) atoms. The quantitative estimate of drug-likeness (QED) is 0.645. The van der Waals surface area contributed by atoms with Crippen LogP contribution < -0.4 is 15.4 Å². The summed E-state index contributed by atoms with van der Waals surface area (Å²) in [5.74, 6) is 1.88. The summed E-state index contributed by atoms with van der Waals surface area (Å²) in [6.45, 7) is 4.65. The molecule has 1 heterocycles. The second-order valence-corrected chi connectivity index (χ2v) is 8.80. The Bertz CT molecular complexity index is 664. The Kier molecular flexibility index (Phi) is 9.23. The van der Waals surface area contributed by atoms with E-state index in [1.54, 1.807) is 12.1 Å². The van der Waals surface area contributed by atoms with E-state index in [2.05, 4.69) is 15.4 Å². The topological polar surface area (TPSA) is 87.3 Å². The molecule has 1 aliphatic rings. The SMILES string of the molecule is CCC(C)NS(=O)(=O)c1cccc(NC(=O)CC2CSCCN2)c1.Cl. The Balaban J connectivity index is 0.00000312. The summed E-state index contributed by atoms with van der Waals surface area (Å²) in [6, 6.07) is 6.38. The molecule has 1 amide bonds. The summed E-state index contributed by atoms with van der Waals surface area (Å²) in [7, 11) is -3.57. The number of rotatable bonds is 7. The van der Waals surface area contributed by atoms with Crippen molar-refractivity contribution in [1.82, 2.24) is 10.0 Å². The van der Waals surface area contributed by atoms with Crippen molar-refractivity contribution in [3.63, 3.8) is 0 Å². The molecule has 1 aromatic carbocycles. The molecule has 142 valence electrons. The van der Waals surface area contributed by atoms with Crippen molar-refractivity contribution < 1.29 is 13.2 Å². The lowest BCUT2D eigenvalue weighted by atomic mass is 10.2. The smallest absolute Gasteiger partial charge is 0.240 e. The van der Waals surface area contributed by atoms with Gasteiger partial charge in [-0.05, 0) is 31.5 Å². The first kappa shape index (κ1) is 22.2. The average Bonchev–Trinajstić information content (AvgIpc) is 2.55. The maximum absolute atomic E-state index is 12.3. The van der Waals surface area contributed by atoms with Gasteiger partial charge in [0.2, 0.25) is 15.9 Å². The third kappa shape index (κ3) is 7.15. The number of nitrogens with one attached hydrogen (secondary N) is 3. The van der Waals surface area contributed by atoms with E-state index < -0.39 is 10.0 Å². The number of carbonyl (C=O) groups excluding carboxylic acids is 1. The van der Waals surface area contributed by atoms with Crippen LogP contribution in [0.5, 0.6) is 0 Å². The molecule has 0 saturated carbocycles. The molecule has 2 atom stereocenters. The van der Waals surface area contributed by atoms with Crippen molar-refractivity contribution in [1.29, 1.82) is 0 Å². The van der Waals surface area contributed by atoms with Crippen LogP contribution in [0.25, 0.3) is 0 Å². The second-order valence-electron chi connectivity index (χ2n) is 5.94. The number of anilines is 1. The van der Waals surface area contributed by atoms with Crippen molar-refractivity contribution in [3.8, 4) is 0 Å². The van der Waals surface area contributed by atoms with E-state index in [4.69, 9.17) is 0 Å². The second kappa shape index (κ2) is 10.4. The van der Waals surface area contributed by atoms with Gasteiger partial charge in [-0.2, -0.15) is 11.8 Å². The molecule has 1 aromatic rings. The van der Waals surface area contributed by atoms with Crippen LogP contribution in [-0.2, 0) is 14.8 Å². The minimum absolute atomic E-state index is 0. The molecule has 9 heteroatoms. The minimum Gasteiger partial charge on any atom is -0.326 e. The van der Waals surface area contributed by atoms with Crippen LogP contribution in [-0.4, -0.2) is 44.5 Å². The average molecular weight is 408 g/mol. The fraction of sp³-hybridized carbons (Fsp3) is 0.562. The van der Waals surface area contributed by atoms with Crippen LogP contribution in [0.4, 0.5) is 5.69 Å². The van der Waals surface area contributed by atoms with Crippen molar-refractivity contribution in [2.45, 2.75) is 43.7 Å². The highest BCUT2D eigenvalue weighted by Crippen LogP contribution is 2.17. The van der Waals surface area contributed by atoms with Gasteiger partial charge in [0.1, 0.15) is 0 Å². The zero-order chi connectivity index (χ0) is 17.6. The van der Waals surface area contributed by atoms with Crippen LogP contribution in [0.3, 0.4) is 0 Å². The van der Waals surface area contributed by atoms with E-state index in [1.165, 1.54) is 12.1 Å². The first-order chi connectivity index (χ1) is 11.4. The largest absolute Gasteiger partial charge is 0.326 e. The number of amides is 1. The lowest BCUT2D eigenvalue weighted by molar-refractivity contribution is -0.116. The molecule has 2 unspecified atom stereocenters. The molecule has 0 bridgehead atoms. The van der Waals surface area contributed by atoms with Gasteiger partial charge in [-0.15, -0.1) is 12.4 Å². The Morgan fingerprint density at radius 1 is 1.44 bits per heavy atom. The standard InChI is InChI=1S/C16H25N3O3S2.ClH/c1-3-12(2)19-24(21,22)15-6-4-5-13(9-15)18-16(20)10-14-11-23-8-7-17-14;/h4-6,9,12,14,17,19H,3,7-8,10-11H2,1-2H3,(H,18,20);1H. The van der Waals surface area contributed by atoms with E-state index in [-0.39, 0.29) is 35.3 Å². The predicted molar refractivity (Wildman–Crippen MR) is 106 cm³/mol. The Labute approximate surface area is 160 Å². The predicted octanol–water partition coefficient (Wildman–Crippen LogP) is 2.22. The minimum atomic E-state index is -3.57. The van der Waals surface area contributed by atoms with Crippen LogP contribution in [0.1, 0.15) is 26.7 Å². The van der Waals surface area contributed by atoms with Crippen molar-refractivity contribution >= 4 is 45.8 Å². The highest BCUT2D eigenvalue weighted by molar-refractivity contribution is 7.99. The van der Waals surface area contributed by atoms with Gasteiger partial charge >= 0.3 is 0 Å². The number of sulfonamides is 1. The molecule has 1 saturated heterocycles. The summed E-state index contributed by atoms with van der Waals surface area (Å²) < 4.78 is 27.3. The van der Waals surface area contributed by atoms with Crippen LogP contribution in [0.15, 0.2) is 29.2 Å². The molecule has 0 radical (unpaired) electrons. The Hall–Kier alpha value is -0.800. The van der Waals surface area contributed by atoms with E-state index >= 15 is 0 Å². The van der Waals surface area contributed by atoms with Crippen LogP contribution in [0.2, 0.25) is 0 Å². The summed E-state index contributed by atoms with van der Waals surface area (Å²) in [5, 5.41) is 6.10. The maximum atomic E-state index is 12.3. The summed E-state index contributed by atoms with van der Waals surface area (Å²) >= 11 is 1.83. The highest BCUT2D eigenvalue weighted by atomic mass is 35.5. The maximum Gasteiger partial charge on any atom is 0.240 e. The Morgan fingerprint density at radius 3 is 2.84 bits per heavy atom. The van der Waals surface area contributed by atoms with Gasteiger partial charge < -0.3 is 10.6 Å². The van der Waals surface area contributed by atoms with E-state index in [0.29, 0.717) is 18.5 Å². The van der Waals surface area contributed by atoms with Crippen molar-refractivity contribution in [3.05, 3.63) is 24.3 Å². The van der Waals surface area contributed by atoms with Gasteiger partial charge in [-0.1, -0.05) is 13.0 Å². The molecular formula is C16H26ClN3O3S2. The lowest BCUT2D eigenvalue weighted by Gasteiger charge is -2.22. The fourth-order valence-electron chi connectivity index (χ4n) is 2.34. The van der Waals surface area contributed by atoms with E-state index in [0.717, 1.165) is 18.1 Å². The molecule has 0 aromatic heterocycles. The third-order valence-corrected chi connectivity index (χ3v) is 6.55. The van der Waals surface area contributed by atoms with Crippen LogP contribution in [0, 0.1) is 0 Å². The van der Waals surface area contributed by atoms with Crippen molar-refractivity contribution in [2.75, 3.05) is 23.4 Å². The van der Waals surface area contributed by atoms with Gasteiger partial charge in [0, 0.05) is 42.2 Å². The zero-order valence-corrected chi connectivity index (χ0v) is 16.9. The zero-order valence-electron chi connectivity index (χ0n) is 14.4. The van der Waals surface area contributed by atoms with Crippen LogP contribution >= 0.6 is 24.2 Å². The van der Waals surface area contributed by atoms with Gasteiger partial charge in [0.15, 0.2) is 0 Å². The molecular weight excluding hydrogens is 382 g/mol. The number of thioether (sulfide) groups is 1.